The molecule has 1 spiro atoms. The van der Waals surface area contributed by atoms with Gasteiger partial charge in [-0.2, -0.15) is 0 Å². The molecular formula is C16H23NO3S. The van der Waals surface area contributed by atoms with Gasteiger partial charge in [-0.15, -0.1) is 0 Å². The van der Waals surface area contributed by atoms with E-state index in [0.29, 0.717) is 5.69 Å². The van der Waals surface area contributed by atoms with Gasteiger partial charge >= 0.3 is 0 Å². The Balaban J connectivity index is 1.76. The summed E-state index contributed by atoms with van der Waals surface area (Å²) in [7, 11) is -3.39. The highest BCUT2D eigenvalue weighted by Gasteiger charge is 2.43. The van der Waals surface area contributed by atoms with E-state index >= 15 is 0 Å². The summed E-state index contributed by atoms with van der Waals surface area (Å²) >= 11 is 0. The van der Waals surface area contributed by atoms with Crippen molar-refractivity contribution in [2.24, 2.45) is 0 Å². The summed E-state index contributed by atoms with van der Waals surface area (Å²) in [6.07, 6.45) is 6.20. The number of hydrogen-bond donors (Lipinski definition) is 1. The molecule has 1 aliphatic heterocycles. The van der Waals surface area contributed by atoms with Crippen LogP contribution in [0, 0.1) is 6.92 Å². The first kappa shape index (κ1) is 14.9. The number of anilines is 1. The second-order valence-corrected chi connectivity index (χ2v) is 8.44. The Bertz CT molecular complexity index is 633. The van der Waals surface area contributed by atoms with Gasteiger partial charge in [-0.25, -0.2) is 8.42 Å². The maximum absolute atomic E-state index is 12.6. The topological polar surface area (TPSA) is 69.4 Å². The lowest BCUT2D eigenvalue weighted by Crippen LogP contribution is -2.28. The quantitative estimate of drug-likeness (QED) is 0.872. The number of aryl methyl sites for hydroxylation is 1. The average Bonchev–Trinajstić information content (AvgIpc) is 3.03. The molecule has 1 saturated heterocycles. The first-order valence-corrected chi connectivity index (χ1v) is 9.33. The summed E-state index contributed by atoms with van der Waals surface area (Å²) < 4.78 is 31.3. The maximum Gasteiger partial charge on any atom is 0.182 e. The number of ether oxygens (including phenoxy) is 1. The van der Waals surface area contributed by atoms with Crippen molar-refractivity contribution in [3.05, 3.63) is 23.8 Å². The molecular weight excluding hydrogens is 286 g/mol. The number of para-hydroxylation sites is 1. The van der Waals surface area contributed by atoms with E-state index < -0.39 is 9.84 Å². The van der Waals surface area contributed by atoms with E-state index in [1.807, 2.05) is 13.0 Å². The van der Waals surface area contributed by atoms with E-state index in [4.69, 9.17) is 10.5 Å². The molecule has 1 unspecified atom stereocenters. The van der Waals surface area contributed by atoms with E-state index in [0.717, 1.165) is 31.2 Å². The SMILES string of the molecule is Cc1cccc(S(=O)(=O)CC2CCC3(CCCC3)O2)c1N. The highest BCUT2D eigenvalue weighted by atomic mass is 32.2. The monoisotopic (exact) mass is 309 g/mol. The lowest BCUT2D eigenvalue weighted by atomic mass is 9.98. The van der Waals surface area contributed by atoms with Gasteiger partial charge in [-0.05, 0) is 44.2 Å². The number of hydrogen-bond acceptors (Lipinski definition) is 4. The Kier molecular flexibility index (Phi) is 3.74. The zero-order chi connectivity index (χ0) is 15.1. The smallest absolute Gasteiger partial charge is 0.182 e. The van der Waals surface area contributed by atoms with Crippen LogP contribution in [0.5, 0.6) is 0 Å². The van der Waals surface area contributed by atoms with Crippen molar-refractivity contribution in [2.75, 3.05) is 11.5 Å². The molecule has 1 heterocycles. The Morgan fingerprint density at radius 1 is 1.29 bits per heavy atom. The molecule has 0 aromatic heterocycles. The van der Waals surface area contributed by atoms with Gasteiger partial charge in [0.25, 0.3) is 0 Å². The molecule has 2 fully saturated rings. The van der Waals surface area contributed by atoms with Crippen molar-refractivity contribution in [3.63, 3.8) is 0 Å². The summed E-state index contributed by atoms with van der Waals surface area (Å²) in [6.45, 7) is 1.83. The normalized spacial score (nSPS) is 24.7. The largest absolute Gasteiger partial charge is 0.397 e. The molecule has 4 nitrogen and oxygen atoms in total. The lowest BCUT2D eigenvalue weighted by Gasteiger charge is -2.23. The molecule has 1 atom stereocenters. The van der Waals surface area contributed by atoms with Crippen LogP contribution in [0.1, 0.15) is 44.1 Å². The summed E-state index contributed by atoms with van der Waals surface area (Å²) in [5, 5.41) is 0. The highest BCUT2D eigenvalue weighted by Crippen LogP contribution is 2.43. The molecule has 2 aliphatic rings. The summed E-state index contributed by atoms with van der Waals surface area (Å²) in [4.78, 5) is 0.249. The van der Waals surface area contributed by atoms with Gasteiger partial charge in [0.2, 0.25) is 0 Å². The third-order valence-electron chi connectivity index (χ3n) is 4.88. The number of nitrogen functional groups attached to an aromatic ring is 1. The Labute approximate surface area is 126 Å². The summed E-state index contributed by atoms with van der Waals surface area (Å²) in [5.74, 6) is 0.0441. The Morgan fingerprint density at radius 3 is 2.71 bits per heavy atom. The summed E-state index contributed by atoms with van der Waals surface area (Å²) in [6, 6.07) is 5.17. The second kappa shape index (κ2) is 5.29. The van der Waals surface area contributed by atoms with Gasteiger partial charge < -0.3 is 10.5 Å². The van der Waals surface area contributed by atoms with Crippen molar-refractivity contribution < 1.29 is 13.2 Å². The fourth-order valence-corrected chi connectivity index (χ4v) is 5.35. The minimum atomic E-state index is -3.39. The molecule has 5 heteroatoms. The van der Waals surface area contributed by atoms with Gasteiger partial charge in [0.1, 0.15) is 0 Å². The zero-order valence-corrected chi connectivity index (χ0v) is 13.3. The number of sulfone groups is 1. The van der Waals surface area contributed by atoms with Crippen LogP contribution in [0.3, 0.4) is 0 Å². The van der Waals surface area contributed by atoms with Crippen molar-refractivity contribution in [1.29, 1.82) is 0 Å². The van der Waals surface area contributed by atoms with Gasteiger partial charge in [-0.3, -0.25) is 0 Å². The van der Waals surface area contributed by atoms with E-state index in [2.05, 4.69) is 0 Å². The predicted molar refractivity (Wildman–Crippen MR) is 83.0 cm³/mol. The zero-order valence-electron chi connectivity index (χ0n) is 12.5. The van der Waals surface area contributed by atoms with Crippen LogP contribution in [-0.2, 0) is 14.6 Å². The molecule has 0 radical (unpaired) electrons. The molecule has 116 valence electrons. The first-order valence-electron chi connectivity index (χ1n) is 7.68. The molecule has 2 N–H and O–H groups in total. The first-order chi connectivity index (χ1) is 9.92. The van der Waals surface area contributed by atoms with Crippen LogP contribution in [0.25, 0.3) is 0 Å². The average molecular weight is 309 g/mol. The Morgan fingerprint density at radius 2 is 2.00 bits per heavy atom. The van der Waals surface area contributed by atoms with E-state index in [-0.39, 0.29) is 22.4 Å². The van der Waals surface area contributed by atoms with E-state index in [9.17, 15) is 8.42 Å². The molecule has 3 rings (SSSR count). The van der Waals surface area contributed by atoms with Crippen LogP contribution in [0.2, 0.25) is 0 Å². The van der Waals surface area contributed by atoms with Crippen LogP contribution in [0.4, 0.5) is 5.69 Å². The predicted octanol–water partition coefficient (Wildman–Crippen LogP) is 2.84. The second-order valence-electron chi connectivity index (χ2n) is 6.44. The molecule has 1 aromatic carbocycles. The van der Waals surface area contributed by atoms with Gasteiger partial charge in [0, 0.05) is 0 Å². The van der Waals surface area contributed by atoms with Gasteiger partial charge in [0.15, 0.2) is 9.84 Å². The van der Waals surface area contributed by atoms with Gasteiger partial charge in [-0.1, -0.05) is 25.0 Å². The minimum absolute atomic E-state index is 0.0294. The summed E-state index contributed by atoms with van der Waals surface area (Å²) in [5.41, 5.74) is 7.08. The third-order valence-corrected chi connectivity index (χ3v) is 6.71. The van der Waals surface area contributed by atoms with Crippen molar-refractivity contribution in [2.45, 2.75) is 62.0 Å². The van der Waals surface area contributed by atoms with Crippen LogP contribution in [-0.4, -0.2) is 25.9 Å². The number of nitrogens with two attached hydrogens (primary N) is 1. The van der Waals surface area contributed by atoms with Crippen LogP contribution >= 0.6 is 0 Å². The Hall–Kier alpha value is -1.07. The fraction of sp³-hybridized carbons (Fsp3) is 0.625. The van der Waals surface area contributed by atoms with Gasteiger partial charge in [0.05, 0.1) is 28.0 Å². The van der Waals surface area contributed by atoms with Crippen molar-refractivity contribution in [1.82, 2.24) is 0 Å². The molecule has 21 heavy (non-hydrogen) atoms. The van der Waals surface area contributed by atoms with E-state index in [1.54, 1.807) is 12.1 Å². The minimum Gasteiger partial charge on any atom is -0.397 e. The molecule has 0 amide bonds. The molecule has 1 aromatic rings. The number of rotatable bonds is 3. The molecule has 0 bridgehead atoms. The van der Waals surface area contributed by atoms with Crippen LogP contribution < -0.4 is 5.73 Å². The van der Waals surface area contributed by atoms with E-state index in [1.165, 1.54) is 12.8 Å². The molecule has 1 saturated carbocycles. The third kappa shape index (κ3) is 2.81. The highest BCUT2D eigenvalue weighted by molar-refractivity contribution is 7.91. The van der Waals surface area contributed by atoms with Crippen LogP contribution in [0.15, 0.2) is 23.1 Å². The number of benzene rings is 1. The maximum atomic E-state index is 12.6. The van der Waals surface area contributed by atoms with Crippen molar-refractivity contribution in [3.8, 4) is 0 Å². The fourth-order valence-electron chi connectivity index (χ4n) is 3.66. The molecule has 1 aliphatic carbocycles. The van der Waals surface area contributed by atoms with Crippen molar-refractivity contribution >= 4 is 15.5 Å². The lowest BCUT2D eigenvalue weighted by molar-refractivity contribution is -0.0272. The standard InChI is InChI=1S/C16H23NO3S/c1-12-5-4-6-14(15(12)17)21(18,19)11-13-7-10-16(20-13)8-2-3-9-16/h4-6,13H,2-3,7-11,17H2,1H3.